The maximum absolute atomic E-state index is 11.9. The van der Waals surface area contributed by atoms with E-state index in [4.69, 9.17) is 16.3 Å². The standard InChI is InChI=1S/C19H20ClN3O3/c1-13(14-6-8-17(26-2)9-7-14)22-23-19(25)11-10-18(24)21-16-5-3-4-15(20)12-16/h3-9,12H,10-11H2,1-2H3,(H,21,24)(H,23,25). The van der Waals surface area contributed by atoms with Crippen molar-refractivity contribution in [2.24, 2.45) is 5.10 Å². The number of hydrazone groups is 1. The molecule has 0 aliphatic heterocycles. The van der Waals surface area contributed by atoms with Crippen molar-refractivity contribution in [3.63, 3.8) is 0 Å². The van der Waals surface area contributed by atoms with Crippen LogP contribution in [-0.4, -0.2) is 24.6 Å². The summed E-state index contributed by atoms with van der Waals surface area (Å²) in [5, 5.41) is 7.27. The van der Waals surface area contributed by atoms with Crippen LogP contribution in [0.1, 0.15) is 25.3 Å². The van der Waals surface area contributed by atoms with Crippen molar-refractivity contribution in [2.45, 2.75) is 19.8 Å². The Kier molecular flexibility index (Phi) is 7.17. The van der Waals surface area contributed by atoms with Gasteiger partial charge in [-0.1, -0.05) is 17.7 Å². The number of carbonyl (C=O) groups is 2. The number of nitrogens with zero attached hydrogens (tertiary/aromatic N) is 1. The fraction of sp³-hybridized carbons (Fsp3) is 0.211. The molecule has 0 fully saturated rings. The zero-order valence-corrected chi connectivity index (χ0v) is 15.3. The van der Waals surface area contributed by atoms with Crippen molar-refractivity contribution in [3.8, 4) is 5.75 Å². The molecule has 0 saturated heterocycles. The highest BCUT2D eigenvalue weighted by atomic mass is 35.5. The van der Waals surface area contributed by atoms with Crippen LogP contribution in [0, 0.1) is 0 Å². The average Bonchev–Trinajstić information content (AvgIpc) is 2.64. The van der Waals surface area contributed by atoms with E-state index >= 15 is 0 Å². The van der Waals surface area contributed by atoms with Crippen molar-refractivity contribution in [3.05, 3.63) is 59.1 Å². The van der Waals surface area contributed by atoms with Gasteiger partial charge in [0.15, 0.2) is 0 Å². The molecule has 7 heteroatoms. The topological polar surface area (TPSA) is 79.8 Å². The summed E-state index contributed by atoms with van der Waals surface area (Å²) >= 11 is 5.86. The van der Waals surface area contributed by atoms with Crippen LogP contribution in [0.5, 0.6) is 5.75 Å². The normalized spacial score (nSPS) is 11.0. The first-order chi connectivity index (χ1) is 12.5. The van der Waals surface area contributed by atoms with E-state index in [9.17, 15) is 9.59 Å². The second-order valence-electron chi connectivity index (χ2n) is 5.52. The van der Waals surface area contributed by atoms with Gasteiger partial charge in [-0.15, -0.1) is 0 Å². The molecule has 2 aromatic carbocycles. The minimum atomic E-state index is -0.334. The molecule has 6 nitrogen and oxygen atoms in total. The van der Waals surface area contributed by atoms with E-state index in [1.807, 2.05) is 24.3 Å². The molecule has 0 unspecified atom stereocenters. The molecule has 136 valence electrons. The van der Waals surface area contributed by atoms with Crippen LogP contribution < -0.4 is 15.5 Å². The molecule has 2 aromatic rings. The predicted molar refractivity (Wildman–Crippen MR) is 103 cm³/mol. The summed E-state index contributed by atoms with van der Waals surface area (Å²) in [7, 11) is 1.60. The molecular formula is C19H20ClN3O3. The molecule has 0 bridgehead atoms. The number of nitrogens with one attached hydrogen (secondary N) is 2. The Morgan fingerprint density at radius 2 is 1.77 bits per heavy atom. The molecule has 26 heavy (non-hydrogen) atoms. The fourth-order valence-corrected chi connectivity index (χ4v) is 2.31. The van der Waals surface area contributed by atoms with Crippen LogP contribution in [-0.2, 0) is 9.59 Å². The van der Waals surface area contributed by atoms with Gasteiger partial charge in [-0.2, -0.15) is 5.10 Å². The first-order valence-corrected chi connectivity index (χ1v) is 8.38. The van der Waals surface area contributed by atoms with Crippen LogP contribution >= 0.6 is 11.6 Å². The molecule has 0 aliphatic carbocycles. The lowest BCUT2D eigenvalue weighted by Crippen LogP contribution is -2.21. The van der Waals surface area contributed by atoms with E-state index in [1.165, 1.54) is 0 Å². The Balaban J connectivity index is 1.79. The number of carbonyl (C=O) groups excluding carboxylic acids is 2. The van der Waals surface area contributed by atoms with Crippen LogP contribution in [0.4, 0.5) is 5.69 Å². The smallest absolute Gasteiger partial charge is 0.240 e. The van der Waals surface area contributed by atoms with Crippen molar-refractivity contribution < 1.29 is 14.3 Å². The third kappa shape index (κ3) is 6.22. The first kappa shape index (κ1) is 19.5. The van der Waals surface area contributed by atoms with Gasteiger partial charge in [0.25, 0.3) is 0 Å². The van der Waals surface area contributed by atoms with Crippen LogP contribution in [0.25, 0.3) is 0 Å². The largest absolute Gasteiger partial charge is 0.497 e. The summed E-state index contributed by atoms with van der Waals surface area (Å²) in [6.07, 6.45) is 0.0846. The van der Waals surface area contributed by atoms with Crippen molar-refractivity contribution in [1.29, 1.82) is 0 Å². The maximum atomic E-state index is 11.9. The summed E-state index contributed by atoms with van der Waals surface area (Å²) in [5.74, 6) is 0.147. The summed E-state index contributed by atoms with van der Waals surface area (Å²) in [6.45, 7) is 1.79. The number of rotatable bonds is 7. The Labute approximate surface area is 157 Å². The number of hydrogen-bond donors (Lipinski definition) is 2. The van der Waals surface area contributed by atoms with E-state index in [-0.39, 0.29) is 24.7 Å². The molecule has 2 N–H and O–H groups in total. The molecule has 0 saturated carbocycles. The molecule has 0 aliphatic rings. The Bertz CT molecular complexity index is 804. The minimum Gasteiger partial charge on any atom is -0.497 e. The van der Waals surface area contributed by atoms with Gasteiger partial charge in [0.2, 0.25) is 11.8 Å². The number of halogens is 1. The van der Waals surface area contributed by atoms with Gasteiger partial charge in [0, 0.05) is 23.6 Å². The Morgan fingerprint density at radius 3 is 2.42 bits per heavy atom. The molecule has 2 amide bonds. The third-order valence-corrected chi connectivity index (χ3v) is 3.78. The van der Waals surface area contributed by atoms with E-state index < -0.39 is 0 Å². The van der Waals surface area contributed by atoms with Gasteiger partial charge in [-0.3, -0.25) is 9.59 Å². The number of methoxy groups -OCH3 is 1. The summed E-state index contributed by atoms with van der Waals surface area (Å²) < 4.78 is 5.10. The SMILES string of the molecule is COc1ccc(C(C)=NNC(=O)CCC(=O)Nc2cccc(Cl)c2)cc1. The zero-order valence-electron chi connectivity index (χ0n) is 14.6. The monoisotopic (exact) mass is 373 g/mol. The molecular weight excluding hydrogens is 354 g/mol. The van der Waals surface area contributed by atoms with Crippen molar-refractivity contribution in [1.82, 2.24) is 5.43 Å². The Morgan fingerprint density at radius 1 is 1.08 bits per heavy atom. The van der Waals surface area contributed by atoms with Gasteiger partial charge in [0.1, 0.15) is 5.75 Å². The highest BCUT2D eigenvalue weighted by Gasteiger charge is 2.07. The van der Waals surface area contributed by atoms with E-state index in [1.54, 1.807) is 38.3 Å². The molecule has 0 heterocycles. The molecule has 0 radical (unpaired) electrons. The number of hydrogen-bond acceptors (Lipinski definition) is 4. The van der Waals surface area contributed by atoms with Crippen molar-refractivity contribution >= 4 is 34.8 Å². The molecule has 0 aromatic heterocycles. The van der Waals surface area contributed by atoms with Gasteiger partial charge >= 0.3 is 0 Å². The second-order valence-corrected chi connectivity index (χ2v) is 5.96. The molecule has 0 atom stereocenters. The lowest BCUT2D eigenvalue weighted by Gasteiger charge is -2.06. The summed E-state index contributed by atoms with van der Waals surface area (Å²) in [5.41, 5.74) is 4.57. The predicted octanol–water partition coefficient (Wildman–Crippen LogP) is 3.61. The van der Waals surface area contributed by atoms with Crippen LogP contribution in [0.2, 0.25) is 5.02 Å². The first-order valence-electron chi connectivity index (χ1n) is 8.01. The number of anilines is 1. The maximum Gasteiger partial charge on any atom is 0.240 e. The lowest BCUT2D eigenvalue weighted by atomic mass is 10.1. The van der Waals surface area contributed by atoms with E-state index in [0.717, 1.165) is 11.3 Å². The van der Waals surface area contributed by atoms with Gasteiger partial charge in [0.05, 0.1) is 12.8 Å². The van der Waals surface area contributed by atoms with E-state index in [2.05, 4.69) is 15.8 Å². The number of ether oxygens (including phenoxy) is 1. The average molecular weight is 374 g/mol. The highest BCUT2D eigenvalue weighted by Crippen LogP contribution is 2.15. The summed E-state index contributed by atoms with van der Waals surface area (Å²) in [6, 6.07) is 14.2. The van der Waals surface area contributed by atoms with Crippen LogP contribution in [0.15, 0.2) is 53.6 Å². The Hall–Kier alpha value is -2.86. The number of amides is 2. The third-order valence-electron chi connectivity index (χ3n) is 3.54. The van der Waals surface area contributed by atoms with E-state index in [0.29, 0.717) is 16.4 Å². The molecule has 0 spiro atoms. The van der Waals surface area contributed by atoms with Gasteiger partial charge < -0.3 is 10.1 Å². The second kappa shape index (κ2) is 9.58. The quantitative estimate of drug-likeness (QED) is 0.574. The fourth-order valence-electron chi connectivity index (χ4n) is 2.12. The lowest BCUT2D eigenvalue weighted by molar-refractivity contribution is -0.124. The molecule has 2 rings (SSSR count). The van der Waals surface area contributed by atoms with Gasteiger partial charge in [-0.25, -0.2) is 5.43 Å². The minimum absolute atomic E-state index is 0.0335. The van der Waals surface area contributed by atoms with Crippen LogP contribution in [0.3, 0.4) is 0 Å². The van der Waals surface area contributed by atoms with Gasteiger partial charge in [-0.05, 0) is 55.0 Å². The number of benzene rings is 2. The highest BCUT2D eigenvalue weighted by molar-refractivity contribution is 6.30. The summed E-state index contributed by atoms with van der Waals surface area (Å²) in [4.78, 5) is 23.7. The van der Waals surface area contributed by atoms with Crippen molar-refractivity contribution in [2.75, 3.05) is 12.4 Å². The zero-order chi connectivity index (χ0) is 18.9.